The number of methoxy groups -OCH3 is 1. The highest BCUT2D eigenvalue weighted by Crippen LogP contribution is 2.59. The number of ketones is 1. The molecule has 144 valence electrons. The monoisotopic (exact) mass is 369 g/mol. The maximum atomic E-state index is 13.0. The molecule has 4 rings (SSSR count). The first-order valence-corrected chi connectivity index (χ1v) is 9.96. The number of hydrogen-bond acceptors (Lipinski definition) is 5. The van der Waals surface area contributed by atoms with Crippen LogP contribution in [-0.2, 0) is 20.8 Å². The van der Waals surface area contributed by atoms with Crippen molar-refractivity contribution in [2.45, 2.75) is 58.3 Å². The van der Waals surface area contributed by atoms with E-state index in [-0.39, 0.29) is 23.5 Å². The predicted octanol–water partition coefficient (Wildman–Crippen LogP) is 4.04. The minimum atomic E-state index is -0.395. The van der Waals surface area contributed by atoms with Gasteiger partial charge in [-0.15, -0.1) is 0 Å². The predicted molar refractivity (Wildman–Crippen MR) is 102 cm³/mol. The summed E-state index contributed by atoms with van der Waals surface area (Å²) < 4.78 is 5.38. The Labute approximate surface area is 160 Å². The number of fused-ring (bicyclic) bond motifs is 5. The first-order chi connectivity index (χ1) is 13.0. The molecule has 3 aliphatic carbocycles. The van der Waals surface area contributed by atoms with Crippen molar-refractivity contribution in [3.8, 4) is 5.75 Å². The fourth-order valence-corrected chi connectivity index (χ4v) is 5.54. The summed E-state index contributed by atoms with van der Waals surface area (Å²) in [5, 5.41) is 3.95. The summed E-state index contributed by atoms with van der Waals surface area (Å²) in [6.45, 7) is 3.81. The lowest BCUT2D eigenvalue weighted by molar-refractivity contribution is -0.143. The van der Waals surface area contributed by atoms with Crippen LogP contribution in [0.5, 0.6) is 5.75 Å². The molecule has 27 heavy (non-hydrogen) atoms. The van der Waals surface area contributed by atoms with E-state index >= 15 is 0 Å². The van der Waals surface area contributed by atoms with Crippen LogP contribution >= 0.6 is 0 Å². The number of nitrogens with zero attached hydrogens (tertiary/aromatic N) is 1. The number of benzene rings is 1. The van der Waals surface area contributed by atoms with Gasteiger partial charge in [0.2, 0.25) is 0 Å². The molecule has 5 heteroatoms. The van der Waals surface area contributed by atoms with Gasteiger partial charge in [0.15, 0.2) is 5.78 Å². The van der Waals surface area contributed by atoms with Gasteiger partial charge < -0.3 is 9.57 Å². The Kier molecular flexibility index (Phi) is 4.57. The number of ether oxygens (including phenoxy) is 1. The van der Waals surface area contributed by atoms with Gasteiger partial charge >= 0.3 is 5.97 Å². The molecule has 2 fully saturated rings. The molecule has 0 spiro atoms. The number of Topliss-reactive ketones (excluding diaryl/α,β-unsaturated/α-hetero) is 1. The average Bonchev–Trinajstić information content (AvgIpc) is 2.96. The highest BCUT2D eigenvalue weighted by Gasteiger charge is 2.57. The van der Waals surface area contributed by atoms with Gasteiger partial charge in [0.05, 0.1) is 7.11 Å². The number of rotatable bonds is 3. The van der Waals surface area contributed by atoms with Crippen LogP contribution in [-0.4, -0.2) is 24.6 Å². The van der Waals surface area contributed by atoms with Crippen molar-refractivity contribution < 1.29 is 19.2 Å². The van der Waals surface area contributed by atoms with E-state index in [4.69, 9.17) is 9.57 Å². The second-order valence-electron chi connectivity index (χ2n) is 8.32. The molecule has 5 nitrogen and oxygen atoms in total. The lowest BCUT2D eigenvalue weighted by Crippen LogP contribution is -2.42. The summed E-state index contributed by atoms with van der Waals surface area (Å²) in [5.41, 5.74) is 2.88. The Morgan fingerprint density at radius 2 is 2.15 bits per heavy atom. The van der Waals surface area contributed by atoms with Crippen molar-refractivity contribution in [3.05, 3.63) is 29.3 Å². The fraction of sp³-hybridized carbons (Fsp3) is 0.591. The topological polar surface area (TPSA) is 65.0 Å². The number of hydrogen-bond donors (Lipinski definition) is 0. The minimum absolute atomic E-state index is 0.0791. The zero-order valence-corrected chi connectivity index (χ0v) is 16.3. The third-order valence-electron chi connectivity index (χ3n) is 7.06. The van der Waals surface area contributed by atoms with Crippen molar-refractivity contribution >= 4 is 17.5 Å². The van der Waals surface area contributed by atoms with Crippen LogP contribution in [0.4, 0.5) is 0 Å². The van der Waals surface area contributed by atoms with E-state index in [9.17, 15) is 9.59 Å². The van der Waals surface area contributed by atoms with Crippen LogP contribution in [0.1, 0.15) is 63.0 Å². The van der Waals surface area contributed by atoms with Crippen molar-refractivity contribution in [1.29, 1.82) is 0 Å². The molecule has 4 atom stereocenters. The van der Waals surface area contributed by atoms with Crippen LogP contribution < -0.4 is 4.74 Å². The zero-order valence-electron chi connectivity index (χ0n) is 16.3. The molecule has 2 saturated carbocycles. The van der Waals surface area contributed by atoms with Crippen LogP contribution in [0.15, 0.2) is 23.4 Å². The Morgan fingerprint density at radius 3 is 2.89 bits per heavy atom. The number of carbonyl (C=O) groups is 2. The third kappa shape index (κ3) is 2.88. The Morgan fingerprint density at radius 1 is 1.33 bits per heavy atom. The van der Waals surface area contributed by atoms with Gasteiger partial charge in [-0.2, -0.15) is 0 Å². The van der Waals surface area contributed by atoms with E-state index in [0.29, 0.717) is 24.0 Å². The van der Waals surface area contributed by atoms with Crippen molar-refractivity contribution in [2.75, 3.05) is 7.11 Å². The summed E-state index contributed by atoms with van der Waals surface area (Å²) in [6.07, 6.45) is 4.87. The molecule has 0 bridgehead atoms. The molecule has 0 aliphatic heterocycles. The maximum absolute atomic E-state index is 13.0. The Bertz CT molecular complexity index is 815. The standard InChI is InChI=1S/C22H27NO4/c1-4-20(24)27-23-19-12-18-17-7-5-13-11-14(26-3)6-8-15(13)16(17)9-10-22(18,2)21(19)25/h6,8,11,16-18H,4-5,7,9-10,12H2,1-3H3/b23-19+/t16-,17-,18+,22-/m1/s1. The lowest BCUT2D eigenvalue weighted by Gasteiger charge is -2.47. The SMILES string of the molecule is CCC(=O)O/N=C1\C[C@H]2[C@@H]3CCc4cc(OC)ccc4[C@H]3CC[C@@]2(C)C1=O. The van der Waals surface area contributed by atoms with Gasteiger partial charge in [0.25, 0.3) is 0 Å². The van der Waals surface area contributed by atoms with Crippen molar-refractivity contribution in [3.63, 3.8) is 0 Å². The van der Waals surface area contributed by atoms with E-state index in [1.165, 1.54) is 11.1 Å². The molecule has 0 saturated heterocycles. The smallest absolute Gasteiger partial charge is 0.334 e. The second kappa shape index (κ2) is 6.77. The molecule has 3 aliphatic rings. The molecular weight excluding hydrogens is 342 g/mol. The van der Waals surface area contributed by atoms with Crippen molar-refractivity contribution in [1.82, 2.24) is 0 Å². The summed E-state index contributed by atoms with van der Waals surface area (Å²) in [7, 11) is 1.70. The van der Waals surface area contributed by atoms with Crippen LogP contribution in [0, 0.1) is 17.3 Å². The molecule has 0 heterocycles. The van der Waals surface area contributed by atoms with Gasteiger partial charge in [-0.1, -0.05) is 25.1 Å². The average molecular weight is 369 g/mol. The highest BCUT2D eigenvalue weighted by atomic mass is 16.7. The van der Waals surface area contributed by atoms with E-state index in [2.05, 4.69) is 24.2 Å². The molecular formula is C22H27NO4. The largest absolute Gasteiger partial charge is 0.497 e. The van der Waals surface area contributed by atoms with Crippen molar-refractivity contribution in [2.24, 2.45) is 22.4 Å². The van der Waals surface area contributed by atoms with E-state index in [0.717, 1.165) is 31.4 Å². The summed E-state index contributed by atoms with van der Waals surface area (Å²) in [6, 6.07) is 6.42. The van der Waals surface area contributed by atoms with Crippen LogP contribution in [0.2, 0.25) is 0 Å². The first kappa shape index (κ1) is 18.2. The van der Waals surface area contributed by atoms with Gasteiger partial charge in [0, 0.05) is 18.3 Å². The molecule has 0 unspecified atom stereocenters. The maximum Gasteiger partial charge on any atom is 0.334 e. The second-order valence-corrected chi connectivity index (χ2v) is 8.32. The quantitative estimate of drug-likeness (QED) is 0.596. The first-order valence-electron chi connectivity index (χ1n) is 9.96. The number of oxime groups is 1. The molecule has 1 aromatic rings. The highest BCUT2D eigenvalue weighted by molar-refractivity contribution is 6.43. The number of carbonyl (C=O) groups excluding carboxylic acids is 2. The fourth-order valence-electron chi connectivity index (χ4n) is 5.54. The Hall–Kier alpha value is -2.17. The Balaban J connectivity index is 1.62. The summed E-state index contributed by atoms with van der Waals surface area (Å²) >= 11 is 0. The molecule has 0 aromatic heterocycles. The van der Waals surface area contributed by atoms with E-state index in [1.807, 2.05) is 6.07 Å². The number of aryl methyl sites for hydroxylation is 1. The van der Waals surface area contributed by atoms with Gasteiger partial charge in [-0.3, -0.25) is 4.79 Å². The molecule has 0 amide bonds. The van der Waals surface area contributed by atoms with Crippen LogP contribution in [0.3, 0.4) is 0 Å². The van der Waals surface area contributed by atoms with E-state index < -0.39 is 5.97 Å². The van der Waals surface area contributed by atoms with Gasteiger partial charge in [-0.05, 0) is 66.7 Å². The normalized spacial score (nSPS) is 33.2. The van der Waals surface area contributed by atoms with Crippen LogP contribution in [0.25, 0.3) is 0 Å². The molecule has 1 aromatic carbocycles. The summed E-state index contributed by atoms with van der Waals surface area (Å²) in [5.74, 6) is 1.84. The van der Waals surface area contributed by atoms with Gasteiger partial charge in [-0.25, -0.2) is 4.79 Å². The summed E-state index contributed by atoms with van der Waals surface area (Å²) in [4.78, 5) is 29.4. The molecule has 0 radical (unpaired) electrons. The minimum Gasteiger partial charge on any atom is -0.497 e. The lowest BCUT2D eigenvalue weighted by atomic mass is 9.55. The third-order valence-corrected chi connectivity index (χ3v) is 7.06. The van der Waals surface area contributed by atoms with E-state index in [1.54, 1.807) is 14.0 Å². The van der Waals surface area contributed by atoms with Gasteiger partial charge in [0.1, 0.15) is 11.5 Å². The molecule has 0 N–H and O–H groups in total. The zero-order chi connectivity index (χ0) is 19.2.